The molecule has 2 rings (SSSR count). The summed E-state index contributed by atoms with van der Waals surface area (Å²) in [6.07, 6.45) is 11.7. The van der Waals surface area contributed by atoms with Crippen LogP contribution in [0.15, 0.2) is 18.5 Å². The van der Waals surface area contributed by atoms with Gasteiger partial charge in [0.1, 0.15) is 0 Å². The molecular weight excluding hydrogens is 208 g/mol. The van der Waals surface area contributed by atoms with Crippen molar-refractivity contribution >= 4 is 10.9 Å². The highest BCUT2D eigenvalue weighted by Gasteiger charge is 2.07. The lowest BCUT2D eigenvalue weighted by Crippen LogP contribution is -1.87. The molecule has 0 aliphatic carbocycles. The third-order valence-corrected chi connectivity index (χ3v) is 3.45. The van der Waals surface area contributed by atoms with E-state index in [4.69, 9.17) is 0 Å². The zero-order chi connectivity index (χ0) is 12.1. The minimum Gasteiger partial charge on any atom is -0.357 e. The van der Waals surface area contributed by atoms with Gasteiger partial charge >= 0.3 is 0 Å². The van der Waals surface area contributed by atoms with E-state index < -0.39 is 0 Å². The topological polar surface area (TPSA) is 28.7 Å². The summed E-state index contributed by atoms with van der Waals surface area (Å²) in [5.74, 6) is 0. The maximum atomic E-state index is 4.16. The van der Waals surface area contributed by atoms with Crippen LogP contribution in [0.2, 0.25) is 0 Å². The van der Waals surface area contributed by atoms with Crippen LogP contribution in [0.3, 0.4) is 0 Å². The molecule has 0 saturated heterocycles. The monoisotopic (exact) mass is 230 g/mol. The number of hydrogen-bond donors (Lipinski definition) is 1. The van der Waals surface area contributed by atoms with Crippen molar-refractivity contribution in [3.8, 4) is 0 Å². The van der Waals surface area contributed by atoms with E-state index in [1.54, 1.807) is 0 Å². The standard InChI is InChI=1S/C15H22N2/c1-3-4-5-6-7-8-13-12(2)17-15-11-16-10-9-14(13)15/h9-11,17H,3-8H2,1-2H3. The first-order chi connectivity index (χ1) is 8.33. The Morgan fingerprint density at radius 2 is 2.00 bits per heavy atom. The highest BCUT2D eigenvalue weighted by molar-refractivity contribution is 5.83. The summed E-state index contributed by atoms with van der Waals surface area (Å²) in [7, 11) is 0. The van der Waals surface area contributed by atoms with Crippen LogP contribution in [0.25, 0.3) is 10.9 Å². The second kappa shape index (κ2) is 5.85. The molecule has 1 N–H and O–H groups in total. The second-order valence-corrected chi connectivity index (χ2v) is 4.81. The lowest BCUT2D eigenvalue weighted by Gasteiger charge is -2.01. The summed E-state index contributed by atoms with van der Waals surface area (Å²) in [4.78, 5) is 7.57. The van der Waals surface area contributed by atoms with Crippen molar-refractivity contribution in [1.82, 2.24) is 9.97 Å². The Morgan fingerprint density at radius 1 is 1.18 bits per heavy atom. The minimum atomic E-state index is 1.17. The fraction of sp³-hybridized carbons (Fsp3) is 0.533. The van der Waals surface area contributed by atoms with Crippen molar-refractivity contribution in [1.29, 1.82) is 0 Å². The molecule has 17 heavy (non-hydrogen) atoms. The number of nitrogens with zero attached hydrogens (tertiary/aromatic N) is 1. The van der Waals surface area contributed by atoms with E-state index in [1.165, 1.54) is 60.7 Å². The smallest absolute Gasteiger partial charge is 0.0645 e. The van der Waals surface area contributed by atoms with Crippen LogP contribution in [0, 0.1) is 6.92 Å². The Labute approximate surface area is 103 Å². The molecule has 0 spiro atoms. The molecule has 0 aromatic carbocycles. The van der Waals surface area contributed by atoms with Gasteiger partial charge in [0.05, 0.1) is 11.7 Å². The van der Waals surface area contributed by atoms with Crippen LogP contribution in [0.4, 0.5) is 0 Å². The first-order valence-electron chi connectivity index (χ1n) is 6.74. The van der Waals surface area contributed by atoms with E-state index in [9.17, 15) is 0 Å². The summed E-state index contributed by atoms with van der Waals surface area (Å²) < 4.78 is 0. The molecule has 0 amide bonds. The molecule has 92 valence electrons. The minimum absolute atomic E-state index is 1.17. The average Bonchev–Trinajstić information content (AvgIpc) is 2.65. The highest BCUT2D eigenvalue weighted by atomic mass is 14.7. The predicted molar refractivity (Wildman–Crippen MR) is 73.3 cm³/mol. The summed E-state index contributed by atoms with van der Waals surface area (Å²) >= 11 is 0. The molecule has 2 nitrogen and oxygen atoms in total. The van der Waals surface area contributed by atoms with E-state index in [1.807, 2.05) is 12.4 Å². The maximum Gasteiger partial charge on any atom is 0.0645 e. The van der Waals surface area contributed by atoms with Crippen molar-refractivity contribution in [3.05, 3.63) is 29.7 Å². The van der Waals surface area contributed by atoms with Gasteiger partial charge in [-0.05, 0) is 31.4 Å². The number of unbranched alkanes of at least 4 members (excludes halogenated alkanes) is 4. The predicted octanol–water partition coefficient (Wildman–Crippen LogP) is 4.38. The number of aromatic amines is 1. The second-order valence-electron chi connectivity index (χ2n) is 4.81. The van der Waals surface area contributed by atoms with E-state index >= 15 is 0 Å². The van der Waals surface area contributed by atoms with Crippen molar-refractivity contribution in [2.24, 2.45) is 0 Å². The van der Waals surface area contributed by atoms with Gasteiger partial charge in [-0.3, -0.25) is 4.98 Å². The number of aromatic nitrogens is 2. The number of aryl methyl sites for hydroxylation is 2. The molecule has 2 aromatic rings. The molecule has 2 aromatic heterocycles. The van der Waals surface area contributed by atoms with Gasteiger partial charge in [0.2, 0.25) is 0 Å². The summed E-state index contributed by atoms with van der Waals surface area (Å²) in [6.45, 7) is 4.43. The van der Waals surface area contributed by atoms with Crippen LogP contribution in [-0.4, -0.2) is 9.97 Å². The van der Waals surface area contributed by atoms with Crippen LogP contribution >= 0.6 is 0 Å². The summed E-state index contributed by atoms with van der Waals surface area (Å²) in [6, 6.07) is 2.13. The third kappa shape index (κ3) is 2.87. The van der Waals surface area contributed by atoms with Gasteiger partial charge in [0.15, 0.2) is 0 Å². The van der Waals surface area contributed by atoms with Gasteiger partial charge in [-0.1, -0.05) is 32.6 Å². The fourth-order valence-corrected chi connectivity index (χ4v) is 2.46. The number of nitrogens with one attached hydrogen (secondary N) is 1. The van der Waals surface area contributed by atoms with E-state index in [0.29, 0.717) is 0 Å². The van der Waals surface area contributed by atoms with Gasteiger partial charge in [-0.15, -0.1) is 0 Å². The van der Waals surface area contributed by atoms with Crippen molar-refractivity contribution in [2.45, 2.75) is 52.4 Å². The molecule has 2 heterocycles. The van der Waals surface area contributed by atoms with Crippen molar-refractivity contribution < 1.29 is 0 Å². The first-order valence-corrected chi connectivity index (χ1v) is 6.74. The van der Waals surface area contributed by atoms with Crippen LogP contribution in [0.5, 0.6) is 0 Å². The SMILES string of the molecule is CCCCCCCc1c(C)[nH]c2cnccc12. The first kappa shape index (κ1) is 12.2. The number of fused-ring (bicyclic) bond motifs is 1. The van der Waals surface area contributed by atoms with Crippen molar-refractivity contribution in [2.75, 3.05) is 0 Å². The molecule has 0 aliphatic rings. The van der Waals surface area contributed by atoms with Gasteiger partial charge in [-0.25, -0.2) is 0 Å². The van der Waals surface area contributed by atoms with E-state index in [-0.39, 0.29) is 0 Å². The zero-order valence-electron chi connectivity index (χ0n) is 10.9. The molecule has 0 bridgehead atoms. The Balaban J connectivity index is 2.00. The Kier molecular flexibility index (Phi) is 4.18. The van der Waals surface area contributed by atoms with E-state index in [0.717, 1.165) is 0 Å². The van der Waals surface area contributed by atoms with Crippen molar-refractivity contribution in [3.63, 3.8) is 0 Å². The van der Waals surface area contributed by atoms with Crippen LogP contribution in [0.1, 0.15) is 50.3 Å². The number of pyridine rings is 1. The largest absolute Gasteiger partial charge is 0.357 e. The molecule has 0 unspecified atom stereocenters. The van der Waals surface area contributed by atoms with E-state index in [2.05, 4.69) is 29.9 Å². The van der Waals surface area contributed by atoms with Gasteiger partial charge in [-0.2, -0.15) is 0 Å². The molecule has 0 radical (unpaired) electrons. The summed E-state index contributed by atoms with van der Waals surface area (Å²) in [5, 5.41) is 1.35. The Bertz CT molecular complexity index is 471. The third-order valence-electron chi connectivity index (χ3n) is 3.45. The molecule has 2 heteroatoms. The summed E-state index contributed by atoms with van der Waals surface area (Å²) in [5.41, 5.74) is 3.97. The van der Waals surface area contributed by atoms with Gasteiger partial charge < -0.3 is 4.98 Å². The van der Waals surface area contributed by atoms with Crippen LogP contribution in [-0.2, 0) is 6.42 Å². The molecule has 0 aliphatic heterocycles. The number of H-pyrrole nitrogens is 1. The molecule has 0 saturated carbocycles. The average molecular weight is 230 g/mol. The zero-order valence-corrected chi connectivity index (χ0v) is 10.9. The number of rotatable bonds is 6. The van der Waals surface area contributed by atoms with Gasteiger partial charge in [0.25, 0.3) is 0 Å². The Morgan fingerprint density at radius 3 is 2.82 bits per heavy atom. The normalized spacial score (nSPS) is 11.2. The number of hydrogen-bond acceptors (Lipinski definition) is 1. The fourth-order valence-electron chi connectivity index (χ4n) is 2.46. The molecule has 0 atom stereocenters. The Hall–Kier alpha value is -1.31. The quantitative estimate of drug-likeness (QED) is 0.733. The maximum absolute atomic E-state index is 4.16. The molecular formula is C15H22N2. The lowest BCUT2D eigenvalue weighted by molar-refractivity contribution is 0.632. The molecule has 0 fully saturated rings. The lowest BCUT2D eigenvalue weighted by atomic mass is 10.0. The van der Waals surface area contributed by atoms with Crippen LogP contribution < -0.4 is 0 Å². The highest BCUT2D eigenvalue weighted by Crippen LogP contribution is 2.23. The van der Waals surface area contributed by atoms with Gasteiger partial charge in [0, 0.05) is 17.3 Å².